The molecule has 1 amide bonds. The maximum Gasteiger partial charge on any atom is 0.290 e. The Balaban J connectivity index is 1.61. The van der Waals surface area contributed by atoms with Crippen LogP contribution in [0.4, 0.5) is 5.69 Å². The second-order valence-electron chi connectivity index (χ2n) is 6.19. The highest BCUT2D eigenvalue weighted by molar-refractivity contribution is 5.90. The highest BCUT2D eigenvalue weighted by Gasteiger charge is 2.11. The molecule has 0 spiro atoms. The van der Waals surface area contributed by atoms with Gasteiger partial charge in [0.05, 0.1) is 14.2 Å². The van der Waals surface area contributed by atoms with E-state index in [4.69, 9.17) is 9.47 Å². The Morgan fingerprint density at radius 3 is 2.07 bits per heavy atom. The van der Waals surface area contributed by atoms with Gasteiger partial charge in [-0.25, -0.2) is 0 Å². The summed E-state index contributed by atoms with van der Waals surface area (Å²) in [7, 11) is 3.15. The summed E-state index contributed by atoms with van der Waals surface area (Å²) in [5, 5.41) is 2.87. The predicted molar refractivity (Wildman–Crippen MR) is 104 cm³/mol. The minimum absolute atomic E-state index is 0.119. The van der Waals surface area contributed by atoms with Crippen molar-refractivity contribution in [3.63, 3.8) is 0 Å². The summed E-state index contributed by atoms with van der Waals surface area (Å²) in [5.74, 6) is 1.14. The number of benzene rings is 2. The number of hydrogen-bond donors (Lipinski definition) is 1. The first-order valence-corrected chi connectivity index (χ1v) is 8.71. The zero-order chi connectivity index (χ0) is 19.1. The van der Waals surface area contributed by atoms with E-state index in [9.17, 15) is 4.79 Å². The molecule has 1 N–H and O–H groups in total. The van der Waals surface area contributed by atoms with Crippen molar-refractivity contribution in [1.29, 1.82) is 0 Å². The van der Waals surface area contributed by atoms with E-state index in [0.29, 0.717) is 17.2 Å². The third-order valence-corrected chi connectivity index (χ3v) is 4.17. The molecule has 0 radical (unpaired) electrons. The maximum absolute atomic E-state index is 12.3. The number of amides is 1. The van der Waals surface area contributed by atoms with E-state index in [1.165, 1.54) is 11.1 Å². The van der Waals surface area contributed by atoms with E-state index in [2.05, 4.69) is 17.4 Å². The number of pyridine rings is 1. The number of nitrogens with zero attached hydrogens (tertiary/aromatic N) is 1. The Kier molecular flexibility index (Phi) is 6.05. The molecule has 5 heteroatoms. The van der Waals surface area contributed by atoms with Crippen molar-refractivity contribution < 1.29 is 18.8 Å². The molecule has 0 aliphatic carbocycles. The van der Waals surface area contributed by atoms with Crippen LogP contribution in [-0.2, 0) is 17.8 Å². The summed E-state index contributed by atoms with van der Waals surface area (Å²) < 4.78 is 12.3. The first-order chi connectivity index (χ1) is 13.2. The standard InChI is InChI=1S/C22H22N2O3/c1-26-20-13-19(14-21(15-20)27-2)23-22(25)16-24-10-8-18(9-11-24)12-17-6-4-3-5-7-17/h3-11,13-15H,12,16H2,1-2H3/p+1. The molecule has 3 aromatic rings. The highest BCUT2D eigenvalue weighted by Crippen LogP contribution is 2.25. The normalized spacial score (nSPS) is 10.3. The first-order valence-electron chi connectivity index (χ1n) is 8.71. The van der Waals surface area contributed by atoms with Gasteiger partial charge in [-0.3, -0.25) is 4.79 Å². The molecule has 0 fully saturated rings. The fourth-order valence-electron chi connectivity index (χ4n) is 2.79. The molecule has 0 bridgehead atoms. The summed E-state index contributed by atoms with van der Waals surface area (Å²) in [6, 6.07) is 19.7. The van der Waals surface area contributed by atoms with E-state index in [1.54, 1.807) is 32.4 Å². The molecule has 0 saturated heterocycles. The third-order valence-electron chi connectivity index (χ3n) is 4.17. The van der Waals surface area contributed by atoms with E-state index in [0.717, 1.165) is 6.42 Å². The Bertz CT molecular complexity index is 871. The van der Waals surface area contributed by atoms with Crippen LogP contribution in [0.25, 0.3) is 0 Å². The SMILES string of the molecule is COc1cc(NC(=O)C[n+]2ccc(Cc3ccccc3)cc2)cc(OC)c1. The number of carbonyl (C=O) groups excluding carboxylic acids is 1. The molecule has 138 valence electrons. The molecule has 2 aromatic carbocycles. The van der Waals surface area contributed by atoms with Gasteiger partial charge in [0.15, 0.2) is 12.4 Å². The summed E-state index contributed by atoms with van der Waals surface area (Å²) in [6.07, 6.45) is 4.71. The Hall–Kier alpha value is -3.34. The number of anilines is 1. The first kappa shape index (κ1) is 18.5. The average molecular weight is 363 g/mol. The van der Waals surface area contributed by atoms with Gasteiger partial charge in [0.25, 0.3) is 5.91 Å². The number of aromatic nitrogens is 1. The quantitative estimate of drug-likeness (QED) is 0.656. The van der Waals surface area contributed by atoms with Crippen LogP contribution in [0.3, 0.4) is 0 Å². The van der Waals surface area contributed by atoms with Crippen molar-refractivity contribution in [2.75, 3.05) is 19.5 Å². The van der Waals surface area contributed by atoms with Gasteiger partial charge in [-0.05, 0) is 17.5 Å². The zero-order valence-electron chi connectivity index (χ0n) is 15.5. The third kappa shape index (κ3) is 5.31. The molecule has 1 aromatic heterocycles. The molecule has 0 unspecified atom stereocenters. The molecule has 0 aliphatic heterocycles. The summed E-state index contributed by atoms with van der Waals surface area (Å²) in [4.78, 5) is 12.3. The lowest BCUT2D eigenvalue weighted by Crippen LogP contribution is -2.39. The topological polar surface area (TPSA) is 51.4 Å². The van der Waals surface area contributed by atoms with Crippen LogP contribution in [0.2, 0.25) is 0 Å². The number of carbonyl (C=O) groups is 1. The predicted octanol–water partition coefficient (Wildman–Crippen LogP) is 3.22. The van der Waals surface area contributed by atoms with Crippen molar-refractivity contribution in [3.8, 4) is 11.5 Å². The molecule has 0 atom stereocenters. The van der Waals surface area contributed by atoms with E-state index in [1.807, 2.05) is 47.3 Å². The number of ether oxygens (including phenoxy) is 2. The zero-order valence-corrected chi connectivity index (χ0v) is 15.5. The van der Waals surface area contributed by atoms with E-state index >= 15 is 0 Å². The van der Waals surface area contributed by atoms with Crippen LogP contribution in [-0.4, -0.2) is 20.1 Å². The minimum atomic E-state index is -0.119. The number of hydrogen-bond acceptors (Lipinski definition) is 3. The lowest BCUT2D eigenvalue weighted by atomic mass is 10.1. The molecule has 0 saturated carbocycles. The van der Waals surface area contributed by atoms with Crippen molar-refractivity contribution in [2.24, 2.45) is 0 Å². The van der Waals surface area contributed by atoms with E-state index < -0.39 is 0 Å². The van der Waals surface area contributed by atoms with Crippen molar-refractivity contribution in [3.05, 3.63) is 84.2 Å². The van der Waals surface area contributed by atoms with Gasteiger partial charge < -0.3 is 14.8 Å². The molecule has 5 nitrogen and oxygen atoms in total. The molecule has 3 rings (SSSR count). The smallest absolute Gasteiger partial charge is 0.290 e. The Labute approximate surface area is 159 Å². The van der Waals surface area contributed by atoms with Crippen LogP contribution in [0.1, 0.15) is 11.1 Å². The Morgan fingerprint density at radius 1 is 0.889 bits per heavy atom. The summed E-state index contributed by atoms with van der Waals surface area (Å²) in [5.41, 5.74) is 3.10. The Morgan fingerprint density at radius 2 is 1.48 bits per heavy atom. The van der Waals surface area contributed by atoms with Crippen LogP contribution < -0.4 is 19.4 Å². The lowest BCUT2D eigenvalue weighted by molar-refractivity contribution is -0.684. The average Bonchev–Trinajstić information content (AvgIpc) is 2.70. The van der Waals surface area contributed by atoms with Crippen LogP contribution in [0, 0.1) is 0 Å². The second kappa shape index (κ2) is 8.85. The van der Waals surface area contributed by atoms with Gasteiger partial charge in [0, 0.05) is 36.0 Å². The summed E-state index contributed by atoms with van der Waals surface area (Å²) >= 11 is 0. The van der Waals surface area contributed by atoms with Crippen LogP contribution >= 0.6 is 0 Å². The fourth-order valence-corrected chi connectivity index (χ4v) is 2.79. The monoisotopic (exact) mass is 363 g/mol. The van der Waals surface area contributed by atoms with Gasteiger partial charge in [-0.15, -0.1) is 0 Å². The van der Waals surface area contributed by atoms with Crippen molar-refractivity contribution in [2.45, 2.75) is 13.0 Å². The van der Waals surface area contributed by atoms with Crippen LogP contribution in [0.15, 0.2) is 73.1 Å². The van der Waals surface area contributed by atoms with Crippen LogP contribution in [0.5, 0.6) is 11.5 Å². The highest BCUT2D eigenvalue weighted by atomic mass is 16.5. The van der Waals surface area contributed by atoms with E-state index in [-0.39, 0.29) is 12.5 Å². The molecule has 1 heterocycles. The molecular weight excluding hydrogens is 340 g/mol. The second-order valence-corrected chi connectivity index (χ2v) is 6.19. The number of rotatable bonds is 7. The summed E-state index contributed by atoms with van der Waals surface area (Å²) in [6.45, 7) is 0.227. The molecular formula is C22H23N2O3+. The van der Waals surface area contributed by atoms with Crippen molar-refractivity contribution >= 4 is 11.6 Å². The van der Waals surface area contributed by atoms with Gasteiger partial charge in [0.1, 0.15) is 11.5 Å². The van der Waals surface area contributed by atoms with Gasteiger partial charge in [-0.1, -0.05) is 30.3 Å². The lowest BCUT2D eigenvalue weighted by Gasteiger charge is -2.09. The van der Waals surface area contributed by atoms with Gasteiger partial charge in [-0.2, -0.15) is 4.57 Å². The largest absolute Gasteiger partial charge is 0.497 e. The van der Waals surface area contributed by atoms with Crippen molar-refractivity contribution in [1.82, 2.24) is 0 Å². The minimum Gasteiger partial charge on any atom is -0.497 e. The maximum atomic E-state index is 12.3. The van der Waals surface area contributed by atoms with Gasteiger partial charge in [0.2, 0.25) is 6.54 Å². The molecule has 27 heavy (non-hydrogen) atoms. The molecule has 0 aliphatic rings. The number of methoxy groups -OCH3 is 2. The fraction of sp³-hybridized carbons (Fsp3) is 0.182. The number of nitrogens with one attached hydrogen (secondary N) is 1. The van der Waals surface area contributed by atoms with Gasteiger partial charge >= 0.3 is 0 Å².